The zero-order valence-electron chi connectivity index (χ0n) is 14.9. The fourth-order valence-corrected chi connectivity index (χ4v) is 3.26. The van der Waals surface area contributed by atoms with Gasteiger partial charge in [-0.05, 0) is 43.5 Å². The van der Waals surface area contributed by atoms with E-state index in [1.54, 1.807) is 13.3 Å². The van der Waals surface area contributed by atoms with Crippen molar-refractivity contribution >= 4 is 5.91 Å². The van der Waals surface area contributed by atoms with E-state index in [9.17, 15) is 4.79 Å². The molecule has 1 aromatic heterocycles. The van der Waals surface area contributed by atoms with Gasteiger partial charge in [-0.25, -0.2) is 0 Å². The summed E-state index contributed by atoms with van der Waals surface area (Å²) in [6.07, 6.45) is 6.15. The van der Waals surface area contributed by atoms with Gasteiger partial charge in [0.25, 0.3) is 0 Å². The summed E-state index contributed by atoms with van der Waals surface area (Å²) in [5.74, 6) is 1.52. The number of carbonyl (C=O) groups is 1. The lowest BCUT2D eigenvalue weighted by atomic mass is 10.2. The number of ether oxygens (including phenoxy) is 2. The lowest BCUT2D eigenvalue weighted by molar-refractivity contribution is -0.132. The van der Waals surface area contributed by atoms with Crippen LogP contribution in [0.4, 0.5) is 0 Å². The average molecular weight is 343 g/mol. The molecule has 0 N–H and O–H groups in total. The summed E-state index contributed by atoms with van der Waals surface area (Å²) in [5, 5.41) is 4.24. The first kappa shape index (κ1) is 17.3. The number of benzene rings is 1. The maximum atomic E-state index is 12.6. The molecule has 1 atom stereocenters. The summed E-state index contributed by atoms with van der Waals surface area (Å²) in [7, 11) is 1.62. The van der Waals surface area contributed by atoms with Crippen molar-refractivity contribution in [1.29, 1.82) is 0 Å². The lowest BCUT2D eigenvalue weighted by Gasteiger charge is -2.25. The molecule has 0 aliphatic carbocycles. The quantitative estimate of drug-likeness (QED) is 0.775. The second-order valence-electron chi connectivity index (χ2n) is 6.36. The Kier molecular flexibility index (Phi) is 5.58. The minimum Gasteiger partial charge on any atom is -0.493 e. The second-order valence-corrected chi connectivity index (χ2v) is 6.36. The molecular formula is C19H25N3O3. The van der Waals surface area contributed by atoms with E-state index in [2.05, 4.69) is 5.10 Å². The monoisotopic (exact) mass is 343 g/mol. The van der Waals surface area contributed by atoms with Gasteiger partial charge in [-0.15, -0.1) is 0 Å². The number of rotatable bonds is 7. The first-order chi connectivity index (χ1) is 12.2. The topological polar surface area (TPSA) is 56.6 Å². The molecule has 1 amide bonds. The Morgan fingerprint density at radius 2 is 2.24 bits per heavy atom. The summed E-state index contributed by atoms with van der Waals surface area (Å²) in [4.78, 5) is 14.5. The van der Waals surface area contributed by atoms with Gasteiger partial charge in [-0.2, -0.15) is 5.10 Å². The number of hydrogen-bond donors (Lipinski definition) is 0. The molecule has 3 rings (SSSR count). The lowest BCUT2D eigenvalue weighted by Crippen LogP contribution is -2.38. The molecule has 1 saturated heterocycles. The number of likely N-dealkylation sites (tertiary alicyclic amines) is 1. The predicted molar refractivity (Wildman–Crippen MR) is 94.8 cm³/mol. The molecule has 1 aliphatic rings. The van der Waals surface area contributed by atoms with Crippen molar-refractivity contribution in [2.45, 2.75) is 38.8 Å². The van der Waals surface area contributed by atoms with Gasteiger partial charge in [0.05, 0.1) is 32.7 Å². The zero-order valence-corrected chi connectivity index (χ0v) is 14.9. The third kappa shape index (κ3) is 4.32. The molecule has 0 radical (unpaired) electrons. The number of carbonyl (C=O) groups excluding carboxylic acids is 1. The third-order valence-electron chi connectivity index (χ3n) is 4.55. The average Bonchev–Trinajstić information content (AvgIpc) is 3.28. The summed E-state index contributed by atoms with van der Waals surface area (Å²) in [6, 6.07) is 7.91. The van der Waals surface area contributed by atoms with Crippen LogP contribution in [0.15, 0.2) is 36.7 Å². The van der Waals surface area contributed by atoms with Crippen LogP contribution in [0, 0.1) is 6.92 Å². The molecule has 0 saturated carbocycles. The molecule has 6 nitrogen and oxygen atoms in total. The van der Waals surface area contributed by atoms with Crippen molar-refractivity contribution in [3.05, 3.63) is 42.2 Å². The summed E-state index contributed by atoms with van der Waals surface area (Å²) < 4.78 is 13.0. The largest absolute Gasteiger partial charge is 0.493 e. The minimum absolute atomic E-state index is 0.140. The molecule has 25 heavy (non-hydrogen) atoms. The molecule has 1 aliphatic heterocycles. The maximum Gasteiger partial charge on any atom is 0.226 e. The van der Waals surface area contributed by atoms with Crippen LogP contribution in [-0.4, -0.2) is 46.9 Å². The van der Waals surface area contributed by atoms with E-state index in [0.29, 0.717) is 24.5 Å². The maximum absolute atomic E-state index is 12.6. The number of hydrogen-bond acceptors (Lipinski definition) is 4. The molecule has 6 heteroatoms. The molecule has 0 bridgehead atoms. The molecule has 1 fully saturated rings. The number of aryl methyl sites for hydroxylation is 1. The van der Waals surface area contributed by atoms with Crippen molar-refractivity contribution in [1.82, 2.24) is 14.7 Å². The van der Waals surface area contributed by atoms with Crippen molar-refractivity contribution in [2.24, 2.45) is 0 Å². The van der Waals surface area contributed by atoms with Gasteiger partial charge >= 0.3 is 0 Å². The van der Waals surface area contributed by atoms with Crippen LogP contribution >= 0.6 is 0 Å². The van der Waals surface area contributed by atoms with Gasteiger partial charge in [0.1, 0.15) is 0 Å². The fraction of sp³-hybridized carbons (Fsp3) is 0.474. The Balaban J connectivity index is 1.52. The zero-order chi connectivity index (χ0) is 17.6. The van der Waals surface area contributed by atoms with Crippen LogP contribution in [0.3, 0.4) is 0 Å². The highest BCUT2D eigenvalue weighted by molar-refractivity contribution is 5.77. The first-order valence-corrected chi connectivity index (χ1v) is 8.71. The normalized spacial score (nSPS) is 16.9. The van der Waals surface area contributed by atoms with Crippen LogP contribution in [0.25, 0.3) is 0 Å². The van der Waals surface area contributed by atoms with Crippen LogP contribution in [-0.2, 0) is 11.3 Å². The van der Waals surface area contributed by atoms with Gasteiger partial charge in [-0.3, -0.25) is 9.48 Å². The third-order valence-corrected chi connectivity index (χ3v) is 4.55. The first-order valence-electron chi connectivity index (χ1n) is 8.71. The highest BCUT2D eigenvalue weighted by Gasteiger charge is 2.28. The van der Waals surface area contributed by atoms with Crippen molar-refractivity contribution < 1.29 is 14.3 Å². The number of aromatic nitrogens is 2. The standard InChI is InChI=1S/C19H25N3O3/c1-15-6-7-17(18(13-15)24-2)25-12-8-19(23)22-11-3-5-16(22)14-21-10-4-9-20-21/h4,6-7,9-10,13,16H,3,5,8,11-12,14H2,1-2H3. The molecule has 1 unspecified atom stereocenters. The summed E-state index contributed by atoms with van der Waals surface area (Å²) >= 11 is 0. The molecular weight excluding hydrogens is 318 g/mol. The fourth-order valence-electron chi connectivity index (χ4n) is 3.26. The van der Waals surface area contributed by atoms with Crippen molar-refractivity contribution in [3.8, 4) is 11.5 Å². The summed E-state index contributed by atoms with van der Waals surface area (Å²) in [6.45, 7) is 3.93. The van der Waals surface area contributed by atoms with E-state index < -0.39 is 0 Å². The van der Waals surface area contributed by atoms with Crippen LogP contribution < -0.4 is 9.47 Å². The Morgan fingerprint density at radius 3 is 3.00 bits per heavy atom. The van der Waals surface area contributed by atoms with E-state index in [1.165, 1.54) is 0 Å². The highest BCUT2D eigenvalue weighted by Crippen LogP contribution is 2.28. The van der Waals surface area contributed by atoms with Gasteiger partial charge in [-0.1, -0.05) is 6.07 Å². The molecule has 134 valence electrons. The molecule has 2 aromatic rings. The Bertz CT molecular complexity index is 700. The van der Waals surface area contributed by atoms with Crippen LogP contribution in [0.1, 0.15) is 24.8 Å². The van der Waals surface area contributed by atoms with Crippen molar-refractivity contribution in [2.75, 3.05) is 20.3 Å². The molecule has 0 spiro atoms. The smallest absolute Gasteiger partial charge is 0.226 e. The van der Waals surface area contributed by atoms with Gasteiger partial charge in [0.2, 0.25) is 5.91 Å². The Morgan fingerprint density at radius 1 is 1.36 bits per heavy atom. The molecule has 1 aromatic carbocycles. The van der Waals surface area contributed by atoms with Gasteiger partial charge in [0, 0.05) is 18.9 Å². The minimum atomic E-state index is 0.140. The number of methoxy groups -OCH3 is 1. The van der Waals surface area contributed by atoms with E-state index in [4.69, 9.17) is 9.47 Å². The predicted octanol–water partition coefficient (Wildman–Crippen LogP) is 2.66. The molecule has 2 heterocycles. The number of nitrogens with zero attached hydrogens (tertiary/aromatic N) is 3. The van der Waals surface area contributed by atoms with Gasteiger partial charge < -0.3 is 14.4 Å². The number of amides is 1. The van der Waals surface area contributed by atoms with E-state index in [-0.39, 0.29) is 11.9 Å². The van der Waals surface area contributed by atoms with Crippen LogP contribution in [0.2, 0.25) is 0 Å². The van der Waals surface area contributed by atoms with Crippen LogP contribution in [0.5, 0.6) is 11.5 Å². The van der Waals surface area contributed by atoms with Crippen molar-refractivity contribution in [3.63, 3.8) is 0 Å². The Hall–Kier alpha value is -2.50. The highest BCUT2D eigenvalue weighted by atomic mass is 16.5. The van der Waals surface area contributed by atoms with E-state index in [1.807, 2.05) is 47.0 Å². The van der Waals surface area contributed by atoms with E-state index in [0.717, 1.165) is 31.5 Å². The SMILES string of the molecule is COc1cc(C)ccc1OCCC(=O)N1CCCC1Cn1cccn1. The summed E-state index contributed by atoms with van der Waals surface area (Å²) in [5.41, 5.74) is 1.11. The van der Waals surface area contributed by atoms with E-state index >= 15 is 0 Å². The second kappa shape index (κ2) is 8.05. The van der Waals surface area contributed by atoms with Gasteiger partial charge in [0.15, 0.2) is 11.5 Å². The Labute approximate surface area is 148 Å².